The molecular formula is C21H18N4O4. The van der Waals surface area contributed by atoms with Gasteiger partial charge in [0.1, 0.15) is 0 Å². The fourth-order valence-corrected chi connectivity index (χ4v) is 2.51. The van der Waals surface area contributed by atoms with E-state index in [-0.39, 0.29) is 11.8 Å². The van der Waals surface area contributed by atoms with Crippen molar-refractivity contribution >= 4 is 40.7 Å². The second-order valence-electron chi connectivity index (χ2n) is 6.12. The highest BCUT2D eigenvalue weighted by Crippen LogP contribution is 2.16. The second-order valence-corrected chi connectivity index (χ2v) is 6.12. The quantitative estimate of drug-likeness (QED) is 0.422. The van der Waals surface area contributed by atoms with Crippen LogP contribution in [0.1, 0.15) is 20.7 Å². The number of hydrogen-bond acceptors (Lipinski definition) is 4. The minimum Gasteiger partial charge on any atom is -0.465 e. The fraction of sp³-hybridized carbons (Fsp3) is 0. The normalized spacial score (nSPS) is 10.1. The predicted octanol–water partition coefficient (Wildman–Crippen LogP) is 3.86. The number of rotatable bonds is 5. The van der Waals surface area contributed by atoms with Gasteiger partial charge in [0.05, 0.1) is 0 Å². The van der Waals surface area contributed by atoms with Crippen LogP contribution in [0.25, 0.3) is 0 Å². The van der Waals surface area contributed by atoms with Crippen molar-refractivity contribution in [3.8, 4) is 0 Å². The van der Waals surface area contributed by atoms with Crippen LogP contribution in [-0.4, -0.2) is 23.0 Å². The molecule has 0 saturated heterocycles. The zero-order chi connectivity index (χ0) is 20.8. The molecule has 0 aromatic heterocycles. The van der Waals surface area contributed by atoms with Gasteiger partial charge in [0.25, 0.3) is 11.8 Å². The highest BCUT2D eigenvalue weighted by molar-refractivity contribution is 6.06. The number of carbonyl (C=O) groups excluding carboxylic acids is 2. The maximum atomic E-state index is 12.3. The van der Waals surface area contributed by atoms with Crippen LogP contribution in [0.5, 0.6) is 0 Å². The van der Waals surface area contributed by atoms with E-state index in [0.29, 0.717) is 33.9 Å². The lowest BCUT2D eigenvalue weighted by atomic mass is 10.1. The Morgan fingerprint density at radius 1 is 0.586 bits per heavy atom. The van der Waals surface area contributed by atoms with Crippen LogP contribution in [0, 0.1) is 0 Å². The molecule has 0 aliphatic heterocycles. The minimum absolute atomic E-state index is 0.283. The monoisotopic (exact) mass is 390 g/mol. The molecule has 0 spiro atoms. The summed E-state index contributed by atoms with van der Waals surface area (Å²) in [5.74, 6) is -0.639. The van der Waals surface area contributed by atoms with Gasteiger partial charge in [-0.05, 0) is 72.8 Å². The zero-order valence-electron chi connectivity index (χ0n) is 15.2. The number of benzene rings is 3. The van der Waals surface area contributed by atoms with E-state index in [1.165, 1.54) is 24.3 Å². The van der Waals surface area contributed by atoms with Crippen LogP contribution < -0.4 is 21.7 Å². The van der Waals surface area contributed by atoms with Gasteiger partial charge in [-0.3, -0.25) is 14.9 Å². The van der Waals surface area contributed by atoms with Crippen molar-refractivity contribution < 1.29 is 19.5 Å². The molecule has 8 nitrogen and oxygen atoms in total. The van der Waals surface area contributed by atoms with Gasteiger partial charge in [-0.2, -0.15) is 0 Å². The molecule has 29 heavy (non-hydrogen) atoms. The molecule has 3 amide bonds. The van der Waals surface area contributed by atoms with Crippen LogP contribution >= 0.6 is 0 Å². The summed E-state index contributed by atoms with van der Waals surface area (Å²) in [6.45, 7) is 0. The number of anilines is 4. The maximum Gasteiger partial charge on any atom is 0.409 e. The number of nitrogens with one attached hydrogen (secondary N) is 3. The number of hydrogen-bond donors (Lipinski definition) is 5. The highest BCUT2D eigenvalue weighted by Gasteiger charge is 2.09. The first-order valence-corrected chi connectivity index (χ1v) is 8.59. The summed E-state index contributed by atoms with van der Waals surface area (Å²) in [4.78, 5) is 35.2. The first-order valence-electron chi connectivity index (χ1n) is 8.59. The molecule has 3 aromatic carbocycles. The average molecular weight is 390 g/mol. The van der Waals surface area contributed by atoms with Gasteiger partial charge < -0.3 is 21.5 Å². The van der Waals surface area contributed by atoms with E-state index in [9.17, 15) is 14.4 Å². The molecule has 3 aromatic rings. The van der Waals surface area contributed by atoms with Gasteiger partial charge in [0.2, 0.25) is 0 Å². The molecule has 3 rings (SSSR count). The molecule has 0 radical (unpaired) electrons. The standard InChI is InChI=1S/C21H18N4O4/c22-15-5-11-17(12-6-15)24-20(27)13-1-7-16(8-2-13)23-19(26)14-3-9-18(10-4-14)25-21(28)29/h1-12,25H,22H2,(H,23,26)(H,24,27)(H,28,29). The zero-order valence-corrected chi connectivity index (χ0v) is 15.2. The van der Waals surface area contributed by atoms with E-state index < -0.39 is 6.09 Å². The van der Waals surface area contributed by atoms with Crippen molar-refractivity contribution in [3.05, 3.63) is 83.9 Å². The Balaban J connectivity index is 1.60. The number of carbonyl (C=O) groups is 3. The van der Waals surface area contributed by atoms with E-state index in [0.717, 1.165) is 0 Å². The van der Waals surface area contributed by atoms with Gasteiger partial charge in [-0.15, -0.1) is 0 Å². The summed E-state index contributed by atoms with van der Waals surface area (Å²) < 4.78 is 0. The van der Waals surface area contributed by atoms with Gasteiger partial charge in [-0.25, -0.2) is 4.79 Å². The summed E-state index contributed by atoms with van der Waals surface area (Å²) in [7, 11) is 0. The Morgan fingerprint density at radius 3 is 1.31 bits per heavy atom. The molecule has 0 bridgehead atoms. The van der Waals surface area contributed by atoms with Crippen LogP contribution in [0.3, 0.4) is 0 Å². The Hall–Kier alpha value is -4.33. The highest BCUT2D eigenvalue weighted by atomic mass is 16.4. The molecule has 0 aliphatic carbocycles. The number of carboxylic acid groups (broad SMARTS) is 1. The van der Waals surface area contributed by atoms with Crippen molar-refractivity contribution in [3.63, 3.8) is 0 Å². The number of nitrogen functional groups attached to an aromatic ring is 1. The third kappa shape index (κ3) is 5.33. The van der Waals surface area contributed by atoms with Gasteiger partial charge in [-0.1, -0.05) is 0 Å². The molecule has 8 heteroatoms. The molecule has 6 N–H and O–H groups in total. The van der Waals surface area contributed by atoms with Crippen molar-refractivity contribution in [1.29, 1.82) is 0 Å². The third-order valence-electron chi connectivity index (χ3n) is 3.97. The third-order valence-corrected chi connectivity index (χ3v) is 3.97. The van der Waals surface area contributed by atoms with Crippen molar-refractivity contribution in [1.82, 2.24) is 0 Å². The summed E-state index contributed by atoms with van der Waals surface area (Å²) in [6.07, 6.45) is -1.18. The molecule has 0 saturated carbocycles. The van der Waals surface area contributed by atoms with Gasteiger partial charge in [0.15, 0.2) is 0 Å². The van der Waals surface area contributed by atoms with E-state index in [4.69, 9.17) is 10.8 Å². The van der Waals surface area contributed by atoms with E-state index in [2.05, 4.69) is 16.0 Å². The molecule has 146 valence electrons. The number of nitrogens with two attached hydrogens (primary N) is 1. The summed E-state index contributed by atoms with van der Waals surface area (Å²) >= 11 is 0. The largest absolute Gasteiger partial charge is 0.465 e. The van der Waals surface area contributed by atoms with Crippen LogP contribution in [0.4, 0.5) is 27.5 Å². The van der Waals surface area contributed by atoms with E-state index >= 15 is 0 Å². The molecule has 0 fully saturated rings. The van der Waals surface area contributed by atoms with Crippen molar-refractivity contribution in [2.24, 2.45) is 0 Å². The molecule has 0 unspecified atom stereocenters. The Kier molecular flexibility index (Phi) is 5.74. The minimum atomic E-state index is -1.18. The van der Waals surface area contributed by atoms with Gasteiger partial charge in [0, 0.05) is 33.9 Å². The van der Waals surface area contributed by atoms with Crippen LogP contribution in [0.15, 0.2) is 72.8 Å². The Labute approximate surface area is 166 Å². The maximum absolute atomic E-state index is 12.3. The van der Waals surface area contributed by atoms with Crippen molar-refractivity contribution in [2.75, 3.05) is 21.7 Å². The average Bonchev–Trinajstić information content (AvgIpc) is 2.70. The lowest BCUT2D eigenvalue weighted by molar-refractivity contribution is 0.102. The van der Waals surface area contributed by atoms with Crippen molar-refractivity contribution in [2.45, 2.75) is 0 Å². The lowest BCUT2D eigenvalue weighted by Crippen LogP contribution is -2.14. The Bertz CT molecular complexity index is 1030. The first-order chi connectivity index (χ1) is 13.9. The summed E-state index contributed by atoms with van der Waals surface area (Å²) in [5, 5.41) is 16.3. The molecular weight excluding hydrogens is 372 g/mol. The fourth-order valence-electron chi connectivity index (χ4n) is 2.51. The van der Waals surface area contributed by atoms with E-state index in [1.54, 1.807) is 48.5 Å². The first kappa shape index (κ1) is 19.4. The smallest absolute Gasteiger partial charge is 0.409 e. The van der Waals surface area contributed by atoms with Gasteiger partial charge >= 0.3 is 6.09 Å². The summed E-state index contributed by atoms with van der Waals surface area (Å²) in [6, 6.07) is 19.2. The SMILES string of the molecule is Nc1ccc(NC(=O)c2ccc(NC(=O)c3ccc(NC(=O)O)cc3)cc2)cc1. The molecule has 0 atom stereocenters. The molecule has 0 aliphatic rings. The van der Waals surface area contributed by atoms with E-state index in [1.807, 2.05) is 0 Å². The predicted molar refractivity (Wildman–Crippen MR) is 111 cm³/mol. The van der Waals surface area contributed by atoms with Crippen LogP contribution in [0.2, 0.25) is 0 Å². The number of amides is 3. The Morgan fingerprint density at radius 2 is 0.931 bits per heavy atom. The molecule has 0 heterocycles. The summed E-state index contributed by atoms with van der Waals surface area (Å²) in [5.41, 5.74) is 8.54. The topological polar surface area (TPSA) is 134 Å². The lowest BCUT2D eigenvalue weighted by Gasteiger charge is -2.08. The van der Waals surface area contributed by atoms with Crippen LogP contribution in [-0.2, 0) is 0 Å². The second kappa shape index (κ2) is 8.57.